The summed E-state index contributed by atoms with van der Waals surface area (Å²) >= 11 is 0. The Hall–Kier alpha value is -0.0900. The highest BCUT2D eigenvalue weighted by Gasteiger charge is 2.34. The number of rotatable bonds is 3. The van der Waals surface area contributed by atoms with E-state index in [1.165, 1.54) is 38.4 Å². The molecule has 0 unspecified atom stereocenters. The molecule has 0 radical (unpaired) electrons. The van der Waals surface area contributed by atoms with Crippen molar-refractivity contribution in [3.63, 3.8) is 0 Å². The Labute approximate surface area is 92.8 Å². The largest absolute Gasteiger partial charge is 0.299 e. The van der Waals surface area contributed by atoms with Gasteiger partial charge in [0.2, 0.25) is 0 Å². The van der Waals surface area contributed by atoms with Gasteiger partial charge in [0.15, 0.2) is 0 Å². The minimum atomic E-state index is -2.79. The molecule has 0 bridgehead atoms. The van der Waals surface area contributed by atoms with E-state index in [0.29, 0.717) is 11.8 Å². The van der Waals surface area contributed by atoms with Crippen molar-refractivity contribution < 1.29 is 8.42 Å². The standard InChI is InChI=1S/C11H21NO2S/c1-15(13,14)9-8-12-7-3-5-10-4-2-6-11(10)12/h10-11H,2-9H2,1H3/t10-,11+/m0/s1. The van der Waals surface area contributed by atoms with Crippen LogP contribution in [0.1, 0.15) is 32.1 Å². The average Bonchev–Trinajstić information content (AvgIpc) is 2.61. The first-order valence-corrected chi connectivity index (χ1v) is 8.04. The summed E-state index contributed by atoms with van der Waals surface area (Å²) in [5.41, 5.74) is 0. The Balaban J connectivity index is 1.91. The quantitative estimate of drug-likeness (QED) is 0.734. The van der Waals surface area contributed by atoms with Crippen LogP contribution in [0.3, 0.4) is 0 Å². The Kier molecular flexibility index (Phi) is 3.36. The second-order valence-electron chi connectivity index (χ2n) is 5.07. The van der Waals surface area contributed by atoms with Crippen LogP contribution < -0.4 is 0 Å². The van der Waals surface area contributed by atoms with Crippen LogP contribution >= 0.6 is 0 Å². The van der Waals surface area contributed by atoms with Crippen LogP contribution in [0.25, 0.3) is 0 Å². The van der Waals surface area contributed by atoms with Crippen molar-refractivity contribution in [2.45, 2.75) is 38.1 Å². The summed E-state index contributed by atoms with van der Waals surface area (Å²) in [6, 6.07) is 0.695. The maximum atomic E-state index is 11.1. The fraction of sp³-hybridized carbons (Fsp3) is 1.00. The van der Waals surface area contributed by atoms with E-state index < -0.39 is 9.84 Å². The van der Waals surface area contributed by atoms with E-state index >= 15 is 0 Å². The van der Waals surface area contributed by atoms with Crippen LogP contribution in [-0.4, -0.2) is 44.5 Å². The number of hydrogen-bond donors (Lipinski definition) is 0. The lowest BCUT2D eigenvalue weighted by atomic mass is 9.92. The predicted molar refractivity (Wildman–Crippen MR) is 61.6 cm³/mol. The fourth-order valence-electron chi connectivity index (χ4n) is 3.12. The minimum Gasteiger partial charge on any atom is -0.299 e. The SMILES string of the molecule is CS(=O)(=O)CCN1CCC[C@@H]2CCC[C@H]21. The summed E-state index contributed by atoms with van der Waals surface area (Å²) in [6.07, 6.45) is 7.94. The highest BCUT2D eigenvalue weighted by atomic mass is 32.2. The molecule has 0 spiro atoms. The summed E-state index contributed by atoms with van der Waals surface area (Å²) in [5, 5.41) is 0. The van der Waals surface area contributed by atoms with Crippen molar-refractivity contribution in [2.24, 2.45) is 5.92 Å². The molecular weight excluding hydrogens is 210 g/mol. The number of fused-ring (bicyclic) bond motifs is 1. The summed E-state index contributed by atoms with van der Waals surface area (Å²) in [4.78, 5) is 2.42. The molecular formula is C11H21NO2S. The molecule has 0 amide bonds. The molecule has 1 aliphatic heterocycles. The van der Waals surface area contributed by atoms with Crippen LogP contribution in [0.4, 0.5) is 0 Å². The van der Waals surface area contributed by atoms with Crippen LogP contribution in [-0.2, 0) is 9.84 Å². The molecule has 88 valence electrons. The van der Waals surface area contributed by atoms with E-state index in [-0.39, 0.29) is 0 Å². The van der Waals surface area contributed by atoms with Crippen molar-refractivity contribution in [1.29, 1.82) is 0 Å². The predicted octanol–water partition coefficient (Wildman–Crippen LogP) is 1.30. The number of piperidine rings is 1. The van der Waals surface area contributed by atoms with Gasteiger partial charge in [-0.3, -0.25) is 4.90 Å². The van der Waals surface area contributed by atoms with Gasteiger partial charge in [-0.2, -0.15) is 0 Å². The third kappa shape index (κ3) is 2.94. The molecule has 0 aromatic rings. The number of nitrogens with zero attached hydrogens (tertiary/aromatic N) is 1. The lowest BCUT2D eigenvalue weighted by Gasteiger charge is -2.37. The molecule has 3 nitrogen and oxygen atoms in total. The molecule has 4 heteroatoms. The maximum absolute atomic E-state index is 11.1. The molecule has 15 heavy (non-hydrogen) atoms. The highest BCUT2D eigenvalue weighted by molar-refractivity contribution is 7.90. The highest BCUT2D eigenvalue weighted by Crippen LogP contribution is 2.36. The van der Waals surface area contributed by atoms with Gasteiger partial charge < -0.3 is 0 Å². The van der Waals surface area contributed by atoms with Crippen molar-refractivity contribution in [1.82, 2.24) is 4.90 Å². The lowest BCUT2D eigenvalue weighted by molar-refractivity contribution is 0.121. The molecule has 2 rings (SSSR count). The Bertz CT molecular complexity index is 313. The lowest BCUT2D eigenvalue weighted by Crippen LogP contribution is -2.44. The van der Waals surface area contributed by atoms with E-state index in [4.69, 9.17) is 0 Å². The third-order valence-electron chi connectivity index (χ3n) is 3.86. The van der Waals surface area contributed by atoms with Gasteiger partial charge in [0.1, 0.15) is 9.84 Å². The van der Waals surface area contributed by atoms with Gasteiger partial charge in [-0.25, -0.2) is 8.42 Å². The van der Waals surface area contributed by atoms with Gasteiger partial charge >= 0.3 is 0 Å². The van der Waals surface area contributed by atoms with Crippen LogP contribution in [0.2, 0.25) is 0 Å². The van der Waals surface area contributed by atoms with Crippen molar-refractivity contribution >= 4 is 9.84 Å². The monoisotopic (exact) mass is 231 g/mol. The van der Waals surface area contributed by atoms with Crippen LogP contribution in [0, 0.1) is 5.92 Å². The van der Waals surface area contributed by atoms with Crippen LogP contribution in [0.5, 0.6) is 0 Å². The topological polar surface area (TPSA) is 37.4 Å². The number of likely N-dealkylation sites (tertiary alicyclic amines) is 1. The molecule has 2 fully saturated rings. The number of hydrogen-bond acceptors (Lipinski definition) is 3. The van der Waals surface area contributed by atoms with Gasteiger partial charge in [-0.1, -0.05) is 6.42 Å². The average molecular weight is 231 g/mol. The van der Waals surface area contributed by atoms with Gasteiger partial charge in [-0.15, -0.1) is 0 Å². The summed E-state index contributed by atoms with van der Waals surface area (Å²) in [5.74, 6) is 1.19. The minimum absolute atomic E-state index is 0.330. The zero-order chi connectivity index (χ0) is 10.9. The van der Waals surface area contributed by atoms with Crippen molar-refractivity contribution in [3.8, 4) is 0 Å². The van der Waals surface area contributed by atoms with E-state index in [2.05, 4.69) is 4.90 Å². The fourth-order valence-corrected chi connectivity index (χ4v) is 3.68. The molecule has 1 aliphatic carbocycles. The molecule has 1 saturated carbocycles. The Morgan fingerprint density at radius 3 is 2.67 bits per heavy atom. The molecule has 1 heterocycles. The summed E-state index contributed by atoms with van der Waals surface area (Å²) in [6.45, 7) is 1.86. The smallest absolute Gasteiger partial charge is 0.148 e. The Morgan fingerprint density at radius 2 is 1.93 bits per heavy atom. The first-order chi connectivity index (χ1) is 7.06. The third-order valence-corrected chi connectivity index (χ3v) is 4.78. The van der Waals surface area contributed by atoms with E-state index in [1.807, 2.05) is 0 Å². The maximum Gasteiger partial charge on any atom is 0.148 e. The van der Waals surface area contributed by atoms with E-state index in [0.717, 1.165) is 19.0 Å². The zero-order valence-electron chi connectivity index (χ0n) is 9.48. The molecule has 2 aliphatic rings. The van der Waals surface area contributed by atoms with Gasteiger partial charge in [0.25, 0.3) is 0 Å². The summed E-state index contributed by atoms with van der Waals surface area (Å²) < 4.78 is 22.3. The molecule has 2 atom stereocenters. The summed E-state index contributed by atoms with van der Waals surface area (Å²) in [7, 11) is -2.79. The van der Waals surface area contributed by atoms with Gasteiger partial charge in [-0.05, 0) is 38.1 Å². The van der Waals surface area contributed by atoms with Crippen molar-refractivity contribution in [2.75, 3.05) is 25.1 Å². The molecule has 1 saturated heterocycles. The first-order valence-electron chi connectivity index (χ1n) is 5.98. The van der Waals surface area contributed by atoms with E-state index in [1.54, 1.807) is 0 Å². The normalized spacial score (nSPS) is 32.9. The second kappa shape index (κ2) is 4.42. The van der Waals surface area contributed by atoms with Gasteiger partial charge in [0, 0.05) is 18.8 Å². The Morgan fingerprint density at radius 1 is 1.20 bits per heavy atom. The molecule has 0 N–H and O–H groups in total. The van der Waals surface area contributed by atoms with Gasteiger partial charge in [0.05, 0.1) is 5.75 Å². The van der Waals surface area contributed by atoms with Crippen molar-refractivity contribution in [3.05, 3.63) is 0 Å². The van der Waals surface area contributed by atoms with E-state index in [9.17, 15) is 8.42 Å². The zero-order valence-corrected chi connectivity index (χ0v) is 10.3. The molecule has 0 aromatic carbocycles. The first kappa shape index (κ1) is 11.4. The molecule has 0 aromatic heterocycles. The second-order valence-corrected chi connectivity index (χ2v) is 7.33. The number of sulfone groups is 1. The van der Waals surface area contributed by atoms with Crippen LogP contribution in [0.15, 0.2) is 0 Å².